The van der Waals surface area contributed by atoms with E-state index in [1.165, 1.54) is 12.8 Å². The van der Waals surface area contributed by atoms with E-state index >= 15 is 0 Å². The van der Waals surface area contributed by atoms with Crippen LogP contribution in [-0.4, -0.2) is 43.2 Å². The van der Waals surface area contributed by atoms with Gasteiger partial charge >= 0.3 is 6.03 Å². The summed E-state index contributed by atoms with van der Waals surface area (Å²) in [5.74, 6) is 0.625. The second-order valence-corrected chi connectivity index (χ2v) is 4.95. The van der Waals surface area contributed by atoms with E-state index in [4.69, 9.17) is 0 Å². The van der Waals surface area contributed by atoms with Gasteiger partial charge in [0.15, 0.2) is 0 Å². The van der Waals surface area contributed by atoms with E-state index < -0.39 is 0 Å². The Bertz CT molecular complexity index is 245. The van der Waals surface area contributed by atoms with Gasteiger partial charge in [-0.2, -0.15) is 0 Å². The zero-order valence-corrected chi connectivity index (χ0v) is 11.0. The van der Waals surface area contributed by atoms with E-state index in [0.717, 1.165) is 19.6 Å². The maximum atomic E-state index is 11.3. The van der Waals surface area contributed by atoms with Crippen molar-refractivity contribution < 1.29 is 4.79 Å². The lowest BCUT2D eigenvalue weighted by Gasteiger charge is -2.34. The number of rotatable bonds is 5. The minimum atomic E-state index is -0.0869. The predicted molar refractivity (Wildman–Crippen MR) is 71.0 cm³/mol. The number of hydrogen-bond donors (Lipinski definition) is 2. The molecule has 0 radical (unpaired) electrons. The smallest absolute Gasteiger partial charge is 0.315 e. The van der Waals surface area contributed by atoms with Crippen LogP contribution in [0.15, 0.2) is 12.7 Å². The highest BCUT2D eigenvalue weighted by Gasteiger charge is 2.20. The summed E-state index contributed by atoms with van der Waals surface area (Å²) < 4.78 is 0. The van der Waals surface area contributed by atoms with Crippen molar-refractivity contribution in [3.63, 3.8) is 0 Å². The molecule has 2 N–H and O–H groups in total. The fourth-order valence-corrected chi connectivity index (χ4v) is 2.14. The van der Waals surface area contributed by atoms with Crippen LogP contribution >= 0.6 is 0 Å². The molecule has 0 aliphatic carbocycles. The molecule has 1 heterocycles. The van der Waals surface area contributed by atoms with E-state index in [-0.39, 0.29) is 6.03 Å². The monoisotopic (exact) mass is 239 g/mol. The quantitative estimate of drug-likeness (QED) is 0.716. The lowest BCUT2D eigenvalue weighted by Crippen LogP contribution is -2.43. The van der Waals surface area contributed by atoms with Gasteiger partial charge in [-0.3, -0.25) is 0 Å². The summed E-state index contributed by atoms with van der Waals surface area (Å²) in [7, 11) is 0. The summed E-state index contributed by atoms with van der Waals surface area (Å²) in [6.07, 6.45) is 4.04. The van der Waals surface area contributed by atoms with Gasteiger partial charge in [-0.25, -0.2) is 4.79 Å². The van der Waals surface area contributed by atoms with Gasteiger partial charge in [0.25, 0.3) is 0 Å². The highest BCUT2D eigenvalue weighted by molar-refractivity contribution is 5.73. The van der Waals surface area contributed by atoms with Crippen molar-refractivity contribution in [1.29, 1.82) is 0 Å². The Hall–Kier alpha value is -1.03. The van der Waals surface area contributed by atoms with Crippen molar-refractivity contribution in [2.24, 2.45) is 5.92 Å². The molecular formula is C13H25N3O. The van der Waals surface area contributed by atoms with Crippen LogP contribution in [0.25, 0.3) is 0 Å². The van der Waals surface area contributed by atoms with Crippen molar-refractivity contribution >= 4 is 6.03 Å². The molecule has 0 saturated carbocycles. The largest absolute Gasteiger partial charge is 0.338 e. The van der Waals surface area contributed by atoms with Crippen LogP contribution in [0.1, 0.15) is 26.7 Å². The minimum absolute atomic E-state index is 0.0869. The number of hydrogen-bond acceptors (Lipinski definition) is 2. The first kappa shape index (κ1) is 14.0. The highest BCUT2D eigenvalue weighted by atomic mass is 16.2. The Morgan fingerprint density at radius 3 is 2.59 bits per heavy atom. The average Bonchev–Trinajstić information content (AvgIpc) is 2.34. The van der Waals surface area contributed by atoms with Crippen LogP contribution in [0, 0.1) is 5.92 Å². The molecule has 0 aromatic rings. The third-order valence-electron chi connectivity index (χ3n) is 3.34. The Kier molecular flexibility index (Phi) is 6.05. The molecule has 17 heavy (non-hydrogen) atoms. The number of amides is 2. The first-order valence-electron chi connectivity index (χ1n) is 6.50. The van der Waals surface area contributed by atoms with Crippen LogP contribution in [-0.2, 0) is 0 Å². The van der Waals surface area contributed by atoms with Crippen LogP contribution in [0.4, 0.5) is 4.79 Å². The highest BCUT2D eigenvalue weighted by Crippen LogP contribution is 2.17. The van der Waals surface area contributed by atoms with Gasteiger partial charge in [-0.1, -0.05) is 6.08 Å². The summed E-state index contributed by atoms with van der Waals surface area (Å²) in [5, 5.41) is 5.64. The number of nitrogens with zero attached hydrogens (tertiary/aromatic N) is 1. The van der Waals surface area contributed by atoms with Crippen molar-refractivity contribution in [1.82, 2.24) is 15.5 Å². The first-order valence-corrected chi connectivity index (χ1v) is 6.50. The molecule has 4 nitrogen and oxygen atoms in total. The van der Waals surface area contributed by atoms with Gasteiger partial charge in [-0.15, -0.1) is 6.58 Å². The summed E-state index contributed by atoms with van der Waals surface area (Å²) >= 11 is 0. The molecule has 1 aliphatic heterocycles. The second kappa shape index (κ2) is 7.33. The van der Waals surface area contributed by atoms with E-state index in [1.54, 1.807) is 6.08 Å². The molecule has 1 saturated heterocycles. The Labute approximate surface area is 104 Å². The van der Waals surface area contributed by atoms with E-state index in [1.807, 2.05) is 0 Å². The topological polar surface area (TPSA) is 44.4 Å². The van der Waals surface area contributed by atoms with Gasteiger partial charge in [0.1, 0.15) is 0 Å². The summed E-state index contributed by atoms with van der Waals surface area (Å²) in [5.41, 5.74) is 0. The normalized spacial score (nSPS) is 18.1. The van der Waals surface area contributed by atoms with E-state index in [9.17, 15) is 4.79 Å². The Morgan fingerprint density at radius 1 is 1.41 bits per heavy atom. The van der Waals surface area contributed by atoms with Crippen LogP contribution in [0.2, 0.25) is 0 Å². The molecule has 0 aromatic heterocycles. The van der Waals surface area contributed by atoms with E-state index in [2.05, 4.69) is 36.0 Å². The maximum absolute atomic E-state index is 11.3. The van der Waals surface area contributed by atoms with Crippen molar-refractivity contribution in [2.45, 2.75) is 32.7 Å². The van der Waals surface area contributed by atoms with Crippen molar-refractivity contribution in [3.05, 3.63) is 12.7 Å². The van der Waals surface area contributed by atoms with Gasteiger partial charge < -0.3 is 15.5 Å². The molecule has 0 unspecified atom stereocenters. The number of urea groups is 1. The van der Waals surface area contributed by atoms with Crippen molar-refractivity contribution in [2.75, 3.05) is 26.2 Å². The molecule has 1 rings (SSSR count). The lowest BCUT2D eigenvalue weighted by molar-refractivity contribution is 0.148. The Balaban J connectivity index is 2.13. The summed E-state index contributed by atoms with van der Waals surface area (Å²) in [6.45, 7) is 11.6. The standard InChI is InChI=1S/C13H25N3O/c1-4-7-14-13(17)15-10-12-5-8-16(9-6-12)11(2)3/h4,11-12H,1,5-10H2,2-3H3,(H2,14,15,17). The lowest BCUT2D eigenvalue weighted by atomic mass is 9.96. The average molecular weight is 239 g/mol. The molecule has 1 fully saturated rings. The zero-order valence-electron chi connectivity index (χ0n) is 11.0. The summed E-state index contributed by atoms with van der Waals surface area (Å²) in [6, 6.07) is 0.552. The SMILES string of the molecule is C=CCNC(=O)NCC1CCN(C(C)C)CC1. The van der Waals surface area contributed by atoms with Crippen LogP contribution in [0.3, 0.4) is 0 Å². The first-order chi connectivity index (χ1) is 8.13. The number of nitrogens with one attached hydrogen (secondary N) is 2. The fourth-order valence-electron chi connectivity index (χ4n) is 2.14. The molecule has 98 valence electrons. The Morgan fingerprint density at radius 2 is 2.06 bits per heavy atom. The zero-order chi connectivity index (χ0) is 12.7. The van der Waals surface area contributed by atoms with Gasteiger partial charge in [0.05, 0.1) is 0 Å². The molecule has 0 spiro atoms. The molecule has 2 amide bonds. The molecule has 0 bridgehead atoms. The third kappa shape index (κ3) is 5.22. The molecule has 0 atom stereocenters. The second-order valence-electron chi connectivity index (χ2n) is 4.95. The van der Waals surface area contributed by atoms with Gasteiger partial charge in [0, 0.05) is 19.1 Å². The maximum Gasteiger partial charge on any atom is 0.315 e. The number of carbonyl (C=O) groups is 1. The number of likely N-dealkylation sites (tertiary alicyclic amines) is 1. The molecule has 0 aromatic carbocycles. The molecule has 4 heteroatoms. The predicted octanol–water partition coefficient (Wildman–Crippen LogP) is 1.59. The summed E-state index contributed by atoms with van der Waals surface area (Å²) in [4.78, 5) is 13.8. The van der Waals surface area contributed by atoms with E-state index in [0.29, 0.717) is 18.5 Å². The van der Waals surface area contributed by atoms with Gasteiger partial charge in [-0.05, 0) is 45.7 Å². The fraction of sp³-hybridized carbons (Fsp3) is 0.769. The van der Waals surface area contributed by atoms with Crippen LogP contribution < -0.4 is 10.6 Å². The number of carbonyl (C=O) groups excluding carboxylic acids is 1. The van der Waals surface area contributed by atoms with Crippen LogP contribution in [0.5, 0.6) is 0 Å². The minimum Gasteiger partial charge on any atom is -0.338 e. The molecular weight excluding hydrogens is 214 g/mol. The number of piperidine rings is 1. The van der Waals surface area contributed by atoms with Gasteiger partial charge in [0.2, 0.25) is 0 Å². The van der Waals surface area contributed by atoms with Crippen molar-refractivity contribution in [3.8, 4) is 0 Å². The molecule has 1 aliphatic rings. The third-order valence-corrected chi connectivity index (χ3v) is 3.34.